The smallest absolute Gasteiger partial charge is 0.281 e. The Labute approximate surface area is 127 Å². The summed E-state index contributed by atoms with van der Waals surface area (Å²) in [6.45, 7) is 2.57. The Morgan fingerprint density at radius 2 is 1.95 bits per heavy atom. The van der Waals surface area contributed by atoms with Crippen molar-refractivity contribution in [1.29, 1.82) is 0 Å². The number of ether oxygens (including phenoxy) is 1. The predicted octanol–water partition coefficient (Wildman–Crippen LogP) is 2.68. The standard InChI is InChI=1S/C17H15N3O2/c1-2-22-14-9-7-13(8-10-14)11-19-20-12-18-16-6-4-3-5-15(16)17(20)21/h3-12H,2H2,1H3/b19-11+. The van der Waals surface area contributed by atoms with Gasteiger partial charge in [-0.2, -0.15) is 9.78 Å². The van der Waals surface area contributed by atoms with Crippen molar-refractivity contribution in [3.63, 3.8) is 0 Å². The third-order valence-corrected chi connectivity index (χ3v) is 3.17. The van der Waals surface area contributed by atoms with E-state index in [1.165, 1.54) is 11.0 Å². The van der Waals surface area contributed by atoms with E-state index in [2.05, 4.69) is 10.1 Å². The number of aromatic nitrogens is 2. The van der Waals surface area contributed by atoms with Crippen LogP contribution in [0.2, 0.25) is 0 Å². The summed E-state index contributed by atoms with van der Waals surface area (Å²) in [4.78, 5) is 16.5. The Hall–Kier alpha value is -2.95. The van der Waals surface area contributed by atoms with Crippen LogP contribution in [0.4, 0.5) is 0 Å². The SMILES string of the molecule is CCOc1ccc(/C=N/n2cnc3ccccc3c2=O)cc1. The molecule has 0 aliphatic heterocycles. The topological polar surface area (TPSA) is 56.5 Å². The van der Waals surface area contributed by atoms with Crippen LogP contribution in [-0.2, 0) is 0 Å². The van der Waals surface area contributed by atoms with Gasteiger partial charge >= 0.3 is 0 Å². The molecule has 3 aromatic rings. The predicted molar refractivity (Wildman–Crippen MR) is 86.6 cm³/mol. The zero-order valence-corrected chi connectivity index (χ0v) is 12.1. The van der Waals surface area contributed by atoms with Crippen LogP contribution < -0.4 is 10.3 Å². The highest BCUT2D eigenvalue weighted by Crippen LogP contribution is 2.11. The molecule has 0 fully saturated rings. The monoisotopic (exact) mass is 293 g/mol. The molecule has 0 amide bonds. The maximum atomic E-state index is 12.3. The van der Waals surface area contributed by atoms with E-state index in [1.807, 2.05) is 43.3 Å². The van der Waals surface area contributed by atoms with Crippen molar-refractivity contribution < 1.29 is 4.74 Å². The molecular formula is C17H15N3O2. The zero-order valence-electron chi connectivity index (χ0n) is 12.1. The van der Waals surface area contributed by atoms with Gasteiger partial charge in [-0.1, -0.05) is 12.1 Å². The summed E-state index contributed by atoms with van der Waals surface area (Å²) in [5, 5.41) is 4.73. The molecule has 0 spiro atoms. The van der Waals surface area contributed by atoms with Crippen LogP contribution in [0.5, 0.6) is 5.75 Å². The molecule has 0 saturated carbocycles. The lowest BCUT2D eigenvalue weighted by Crippen LogP contribution is -2.16. The average molecular weight is 293 g/mol. The van der Waals surface area contributed by atoms with Gasteiger partial charge in [-0.25, -0.2) is 4.98 Å². The molecule has 0 unspecified atom stereocenters. The second-order valence-corrected chi connectivity index (χ2v) is 4.66. The van der Waals surface area contributed by atoms with Crippen molar-refractivity contribution in [3.8, 4) is 5.75 Å². The fourth-order valence-corrected chi connectivity index (χ4v) is 2.09. The van der Waals surface area contributed by atoms with Crippen molar-refractivity contribution in [1.82, 2.24) is 9.66 Å². The number of rotatable bonds is 4. The Balaban J connectivity index is 1.89. The molecule has 1 heterocycles. The van der Waals surface area contributed by atoms with Crippen LogP contribution in [0.1, 0.15) is 12.5 Å². The lowest BCUT2D eigenvalue weighted by Gasteiger charge is -2.02. The molecule has 0 radical (unpaired) electrons. The fourth-order valence-electron chi connectivity index (χ4n) is 2.09. The van der Waals surface area contributed by atoms with E-state index < -0.39 is 0 Å². The number of benzene rings is 2. The van der Waals surface area contributed by atoms with Crippen molar-refractivity contribution in [2.45, 2.75) is 6.92 Å². The molecule has 0 saturated heterocycles. The molecule has 5 nitrogen and oxygen atoms in total. The number of hydrogen-bond acceptors (Lipinski definition) is 4. The van der Waals surface area contributed by atoms with Crippen molar-refractivity contribution in [3.05, 3.63) is 70.8 Å². The first-order chi connectivity index (χ1) is 10.8. The van der Waals surface area contributed by atoms with Gasteiger partial charge in [0, 0.05) is 0 Å². The highest BCUT2D eigenvalue weighted by Gasteiger charge is 2.01. The van der Waals surface area contributed by atoms with Crippen LogP contribution in [0, 0.1) is 0 Å². The largest absolute Gasteiger partial charge is 0.494 e. The minimum atomic E-state index is -0.187. The van der Waals surface area contributed by atoms with Crippen LogP contribution in [0.25, 0.3) is 10.9 Å². The fraction of sp³-hybridized carbons (Fsp3) is 0.118. The summed E-state index contributed by atoms with van der Waals surface area (Å²) < 4.78 is 6.62. The molecule has 0 aliphatic rings. The summed E-state index contributed by atoms with van der Waals surface area (Å²) >= 11 is 0. The van der Waals surface area contributed by atoms with E-state index >= 15 is 0 Å². The normalized spacial score (nSPS) is 11.1. The van der Waals surface area contributed by atoms with Gasteiger partial charge in [0.05, 0.1) is 23.7 Å². The number of fused-ring (bicyclic) bond motifs is 1. The van der Waals surface area contributed by atoms with E-state index in [0.717, 1.165) is 11.3 Å². The summed E-state index contributed by atoms with van der Waals surface area (Å²) in [5.41, 5.74) is 1.36. The molecular weight excluding hydrogens is 278 g/mol. The number of para-hydroxylation sites is 1. The van der Waals surface area contributed by atoms with Crippen LogP contribution in [0.15, 0.2) is 64.8 Å². The first kappa shape index (κ1) is 14.0. The average Bonchev–Trinajstić information content (AvgIpc) is 2.56. The lowest BCUT2D eigenvalue weighted by molar-refractivity contribution is 0.340. The van der Waals surface area contributed by atoms with E-state index in [0.29, 0.717) is 17.5 Å². The van der Waals surface area contributed by atoms with E-state index in [9.17, 15) is 4.79 Å². The van der Waals surface area contributed by atoms with Gasteiger partial charge in [-0.3, -0.25) is 4.79 Å². The second-order valence-electron chi connectivity index (χ2n) is 4.66. The maximum Gasteiger partial charge on any atom is 0.281 e. The quantitative estimate of drug-likeness (QED) is 0.695. The first-order valence-electron chi connectivity index (χ1n) is 7.01. The van der Waals surface area contributed by atoms with Gasteiger partial charge in [0.15, 0.2) is 0 Å². The van der Waals surface area contributed by atoms with Gasteiger partial charge in [-0.05, 0) is 48.9 Å². The van der Waals surface area contributed by atoms with Crippen LogP contribution in [-0.4, -0.2) is 22.5 Å². The van der Waals surface area contributed by atoms with Gasteiger partial charge < -0.3 is 4.74 Å². The van der Waals surface area contributed by atoms with Gasteiger partial charge in [-0.15, -0.1) is 0 Å². The van der Waals surface area contributed by atoms with Gasteiger partial charge in [0.25, 0.3) is 5.56 Å². The number of hydrogen-bond donors (Lipinski definition) is 0. The van der Waals surface area contributed by atoms with E-state index in [1.54, 1.807) is 18.3 Å². The second kappa shape index (κ2) is 6.22. The van der Waals surface area contributed by atoms with Crippen molar-refractivity contribution in [2.24, 2.45) is 5.10 Å². The molecule has 22 heavy (non-hydrogen) atoms. The molecule has 0 N–H and O–H groups in total. The molecule has 0 aliphatic carbocycles. The van der Waals surface area contributed by atoms with Gasteiger partial charge in [0.1, 0.15) is 12.1 Å². The Morgan fingerprint density at radius 3 is 2.73 bits per heavy atom. The summed E-state index contributed by atoms with van der Waals surface area (Å²) in [5.74, 6) is 0.809. The van der Waals surface area contributed by atoms with Crippen LogP contribution in [0.3, 0.4) is 0 Å². The number of nitrogens with zero attached hydrogens (tertiary/aromatic N) is 3. The van der Waals surface area contributed by atoms with Crippen molar-refractivity contribution in [2.75, 3.05) is 6.61 Å². The van der Waals surface area contributed by atoms with E-state index in [4.69, 9.17) is 4.74 Å². The summed E-state index contributed by atoms with van der Waals surface area (Å²) in [7, 11) is 0. The highest BCUT2D eigenvalue weighted by atomic mass is 16.5. The van der Waals surface area contributed by atoms with E-state index in [-0.39, 0.29) is 5.56 Å². The molecule has 2 aromatic carbocycles. The van der Waals surface area contributed by atoms with Gasteiger partial charge in [0.2, 0.25) is 0 Å². The molecule has 0 atom stereocenters. The molecule has 3 rings (SSSR count). The first-order valence-corrected chi connectivity index (χ1v) is 7.01. The van der Waals surface area contributed by atoms with Crippen LogP contribution >= 0.6 is 0 Å². The maximum absolute atomic E-state index is 12.3. The lowest BCUT2D eigenvalue weighted by atomic mass is 10.2. The Bertz CT molecular complexity index is 867. The molecule has 110 valence electrons. The Kier molecular flexibility index (Phi) is 3.96. The Morgan fingerprint density at radius 1 is 1.18 bits per heavy atom. The minimum absolute atomic E-state index is 0.187. The molecule has 0 bridgehead atoms. The zero-order chi connectivity index (χ0) is 15.4. The van der Waals surface area contributed by atoms with Crippen molar-refractivity contribution >= 4 is 17.1 Å². The molecule has 1 aromatic heterocycles. The molecule has 5 heteroatoms. The third-order valence-electron chi connectivity index (χ3n) is 3.17. The minimum Gasteiger partial charge on any atom is -0.494 e. The highest BCUT2D eigenvalue weighted by molar-refractivity contribution is 5.80. The summed E-state index contributed by atoms with van der Waals surface area (Å²) in [6.07, 6.45) is 3.04. The third kappa shape index (κ3) is 2.88. The summed E-state index contributed by atoms with van der Waals surface area (Å²) in [6, 6.07) is 14.7.